The van der Waals surface area contributed by atoms with Gasteiger partial charge in [0.2, 0.25) is 0 Å². The molecule has 1 N–H and O–H groups in total. The van der Waals surface area contributed by atoms with Gasteiger partial charge in [0, 0.05) is 17.3 Å². The lowest BCUT2D eigenvalue weighted by molar-refractivity contribution is 0.0739. The number of aliphatic hydroxyl groups is 1. The maximum Gasteiger partial charge on any atom is 0.145 e. The first-order chi connectivity index (χ1) is 13.9. The SMILES string of the molecule is COc1cc(-c2ccc(C#N)cc2)c(-c2ccc(C(C)(C)O)nc2)n2cncc12. The molecule has 0 unspecified atom stereocenters. The number of hydrogen-bond donors (Lipinski definition) is 1. The summed E-state index contributed by atoms with van der Waals surface area (Å²) in [6.07, 6.45) is 5.25. The zero-order chi connectivity index (χ0) is 20.6. The van der Waals surface area contributed by atoms with Crippen molar-refractivity contribution in [3.8, 4) is 34.2 Å². The van der Waals surface area contributed by atoms with Crippen LogP contribution in [-0.2, 0) is 5.60 Å². The van der Waals surface area contributed by atoms with Crippen LogP contribution in [-0.4, -0.2) is 26.6 Å². The monoisotopic (exact) mass is 384 g/mol. The Kier molecular flexibility index (Phi) is 4.53. The van der Waals surface area contributed by atoms with E-state index >= 15 is 0 Å². The Bertz CT molecular complexity index is 1210. The summed E-state index contributed by atoms with van der Waals surface area (Å²) < 4.78 is 7.55. The number of hydrogen-bond acceptors (Lipinski definition) is 5. The molecule has 1 aromatic carbocycles. The van der Waals surface area contributed by atoms with Gasteiger partial charge in [-0.2, -0.15) is 5.26 Å². The minimum absolute atomic E-state index is 0.594. The quantitative estimate of drug-likeness (QED) is 0.571. The molecule has 0 bridgehead atoms. The van der Waals surface area contributed by atoms with Crippen molar-refractivity contribution < 1.29 is 9.84 Å². The topological polar surface area (TPSA) is 83.4 Å². The second-order valence-corrected chi connectivity index (χ2v) is 7.30. The highest BCUT2D eigenvalue weighted by Gasteiger charge is 2.20. The van der Waals surface area contributed by atoms with Gasteiger partial charge in [-0.25, -0.2) is 4.98 Å². The van der Waals surface area contributed by atoms with Crippen LogP contribution in [0.2, 0.25) is 0 Å². The zero-order valence-corrected chi connectivity index (χ0v) is 16.4. The Labute approximate surface area is 168 Å². The van der Waals surface area contributed by atoms with Crippen LogP contribution in [0.3, 0.4) is 0 Å². The van der Waals surface area contributed by atoms with E-state index in [1.807, 2.05) is 34.7 Å². The predicted molar refractivity (Wildman–Crippen MR) is 110 cm³/mol. The lowest BCUT2D eigenvalue weighted by Crippen LogP contribution is -2.17. The van der Waals surface area contributed by atoms with Gasteiger partial charge in [-0.15, -0.1) is 0 Å². The van der Waals surface area contributed by atoms with E-state index in [1.165, 1.54) is 0 Å². The van der Waals surface area contributed by atoms with E-state index in [4.69, 9.17) is 10.00 Å². The number of nitrogens with zero attached hydrogens (tertiary/aromatic N) is 4. The Hall–Kier alpha value is -3.69. The Balaban J connectivity index is 1.98. The van der Waals surface area contributed by atoms with E-state index in [-0.39, 0.29) is 0 Å². The van der Waals surface area contributed by atoms with Gasteiger partial charge in [0.1, 0.15) is 16.9 Å². The van der Waals surface area contributed by atoms with Crippen LogP contribution in [0, 0.1) is 11.3 Å². The van der Waals surface area contributed by atoms with Gasteiger partial charge in [0.25, 0.3) is 0 Å². The fraction of sp³-hybridized carbons (Fsp3) is 0.174. The smallest absolute Gasteiger partial charge is 0.145 e. The fourth-order valence-electron chi connectivity index (χ4n) is 3.36. The number of nitriles is 1. The highest BCUT2D eigenvalue weighted by Crippen LogP contribution is 2.37. The van der Waals surface area contributed by atoms with Gasteiger partial charge in [-0.3, -0.25) is 9.38 Å². The molecule has 0 radical (unpaired) electrons. The molecule has 3 aromatic heterocycles. The number of methoxy groups -OCH3 is 1. The minimum Gasteiger partial charge on any atom is -0.494 e. The Morgan fingerprint density at radius 2 is 1.79 bits per heavy atom. The van der Waals surface area contributed by atoms with E-state index in [0.29, 0.717) is 17.0 Å². The third-order valence-corrected chi connectivity index (χ3v) is 4.87. The van der Waals surface area contributed by atoms with Crippen LogP contribution >= 0.6 is 0 Å². The second-order valence-electron chi connectivity index (χ2n) is 7.30. The molecule has 4 aromatic rings. The molecule has 0 aliphatic carbocycles. The number of aromatic nitrogens is 3. The standard InChI is InChI=1S/C23H20N4O2/c1-23(2,28)21-9-8-17(12-26-21)22-18(16-6-4-15(11-24)5-7-16)10-20(29-3)19-13-25-14-27(19)22/h4-10,12-14,28H,1-3H3. The lowest BCUT2D eigenvalue weighted by atomic mass is 9.97. The van der Waals surface area contributed by atoms with Crippen molar-refractivity contribution in [3.63, 3.8) is 0 Å². The second kappa shape index (κ2) is 7.04. The van der Waals surface area contributed by atoms with Crippen LogP contribution in [0.15, 0.2) is 61.2 Å². The predicted octanol–water partition coefficient (Wildman–Crippen LogP) is 4.17. The number of imidazole rings is 1. The largest absolute Gasteiger partial charge is 0.494 e. The molecule has 0 fully saturated rings. The maximum absolute atomic E-state index is 10.2. The molecule has 3 heterocycles. The summed E-state index contributed by atoms with van der Waals surface area (Å²) in [5.41, 5.74) is 4.67. The number of rotatable bonds is 4. The van der Waals surface area contributed by atoms with Crippen LogP contribution < -0.4 is 4.74 Å². The highest BCUT2D eigenvalue weighted by atomic mass is 16.5. The van der Waals surface area contributed by atoms with Gasteiger partial charge in [-0.1, -0.05) is 12.1 Å². The third-order valence-electron chi connectivity index (χ3n) is 4.87. The van der Waals surface area contributed by atoms with Gasteiger partial charge in [0.05, 0.1) is 42.7 Å². The molecule has 6 nitrogen and oxygen atoms in total. The van der Waals surface area contributed by atoms with Crippen molar-refractivity contribution in [3.05, 3.63) is 72.4 Å². The van der Waals surface area contributed by atoms with Crippen LogP contribution in [0.1, 0.15) is 25.1 Å². The van der Waals surface area contributed by atoms with E-state index in [9.17, 15) is 5.11 Å². The van der Waals surface area contributed by atoms with E-state index in [0.717, 1.165) is 27.9 Å². The molecule has 0 saturated heterocycles. The minimum atomic E-state index is -1.02. The summed E-state index contributed by atoms with van der Waals surface area (Å²) >= 11 is 0. The first-order valence-corrected chi connectivity index (χ1v) is 9.15. The summed E-state index contributed by atoms with van der Waals surface area (Å²) in [6, 6.07) is 15.3. The van der Waals surface area contributed by atoms with Crippen molar-refractivity contribution >= 4 is 5.52 Å². The average Bonchev–Trinajstić information content (AvgIpc) is 3.22. The lowest BCUT2D eigenvalue weighted by Gasteiger charge is -2.18. The number of pyridine rings is 2. The van der Waals surface area contributed by atoms with Gasteiger partial charge in [-0.05, 0) is 49.7 Å². The zero-order valence-electron chi connectivity index (χ0n) is 16.4. The fourth-order valence-corrected chi connectivity index (χ4v) is 3.36. The molecule has 6 heteroatoms. The molecule has 0 spiro atoms. The van der Waals surface area contributed by atoms with Crippen LogP contribution in [0.4, 0.5) is 0 Å². The number of ether oxygens (including phenoxy) is 1. The van der Waals surface area contributed by atoms with Gasteiger partial charge in [0.15, 0.2) is 0 Å². The van der Waals surface area contributed by atoms with Gasteiger partial charge >= 0.3 is 0 Å². The average molecular weight is 384 g/mol. The van der Waals surface area contributed by atoms with Crippen LogP contribution in [0.5, 0.6) is 5.75 Å². The molecule has 4 rings (SSSR count). The molecule has 0 aliphatic rings. The molecule has 0 atom stereocenters. The van der Waals surface area contributed by atoms with Gasteiger partial charge < -0.3 is 9.84 Å². The third kappa shape index (κ3) is 3.33. The van der Waals surface area contributed by atoms with Crippen molar-refractivity contribution in [1.82, 2.24) is 14.4 Å². The number of fused-ring (bicyclic) bond motifs is 1. The van der Waals surface area contributed by atoms with E-state index < -0.39 is 5.60 Å². The normalized spacial score (nSPS) is 11.4. The molecule has 0 aliphatic heterocycles. The van der Waals surface area contributed by atoms with E-state index in [1.54, 1.807) is 51.8 Å². The summed E-state index contributed by atoms with van der Waals surface area (Å²) in [5, 5.41) is 19.3. The van der Waals surface area contributed by atoms with Crippen molar-refractivity contribution in [1.29, 1.82) is 5.26 Å². The van der Waals surface area contributed by atoms with Crippen molar-refractivity contribution in [2.24, 2.45) is 0 Å². The summed E-state index contributed by atoms with van der Waals surface area (Å²) in [5.74, 6) is 0.701. The molecule has 144 valence electrons. The van der Waals surface area contributed by atoms with Crippen molar-refractivity contribution in [2.75, 3.05) is 7.11 Å². The Morgan fingerprint density at radius 1 is 1.07 bits per heavy atom. The summed E-state index contributed by atoms with van der Waals surface area (Å²) in [6.45, 7) is 3.41. The molecule has 29 heavy (non-hydrogen) atoms. The molecule has 0 saturated carbocycles. The molecular weight excluding hydrogens is 364 g/mol. The van der Waals surface area contributed by atoms with Crippen LogP contribution in [0.25, 0.3) is 27.9 Å². The first-order valence-electron chi connectivity index (χ1n) is 9.15. The summed E-state index contributed by atoms with van der Waals surface area (Å²) in [7, 11) is 1.63. The molecular formula is C23H20N4O2. The number of benzene rings is 1. The Morgan fingerprint density at radius 3 is 2.38 bits per heavy atom. The molecule has 0 amide bonds. The highest BCUT2D eigenvalue weighted by molar-refractivity contribution is 5.86. The van der Waals surface area contributed by atoms with Crippen molar-refractivity contribution in [2.45, 2.75) is 19.4 Å². The summed E-state index contributed by atoms with van der Waals surface area (Å²) in [4.78, 5) is 8.76. The van der Waals surface area contributed by atoms with E-state index in [2.05, 4.69) is 16.0 Å². The first kappa shape index (κ1) is 18.7. The maximum atomic E-state index is 10.2.